The smallest absolute Gasteiger partial charge is 0.229 e. The Bertz CT molecular complexity index is 420. The van der Waals surface area contributed by atoms with E-state index < -0.39 is 0 Å². The fraction of sp³-hybridized carbons (Fsp3) is 0.429. The minimum atomic E-state index is 0.0478. The Kier molecular flexibility index (Phi) is 5.22. The van der Waals surface area contributed by atoms with Gasteiger partial charge >= 0.3 is 0 Å². The minimum Gasteiger partial charge on any atom is -0.331 e. The Morgan fingerprint density at radius 2 is 2.35 bits per heavy atom. The molecule has 0 unspecified atom stereocenters. The fourth-order valence-corrected chi connectivity index (χ4v) is 1.63. The van der Waals surface area contributed by atoms with Gasteiger partial charge < -0.3 is 4.90 Å². The molecule has 0 saturated carbocycles. The van der Waals surface area contributed by atoms with Crippen molar-refractivity contribution in [2.24, 2.45) is 0 Å². The maximum Gasteiger partial charge on any atom is 0.229 e. The normalized spacial score (nSPS) is 9.71. The molecule has 90 valence electrons. The first kappa shape index (κ1) is 13.2. The van der Waals surface area contributed by atoms with Crippen molar-refractivity contribution in [3.63, 3.8) is 0 Å². The number of amides is 1. The highest BCUT2D eigenvalue weighted by Crippen LogP contribution is 2.06. The topological polar surface area (TPSA) is 33.2 Å². The van der Waals surface area contributed by atoms with Crippen molar-refractivity contribution >= 4 is 5.91 Å². The molecule has 0 aromatic carbocycles. The molecule has 0 atom stereocenters. The molecule has 1 heterocycles. The summed E-state index contributed by atoms with van der Waals surface area (Å²) in [5.41, 5.74) is 1.87. The lowest BCUT2D eigenvalue weighted by molar-refractivity contribution is -0.129. The van der Waals surface area contributed by atoms with Crippen molar-refractivity contribution in [2.75, 3.05) is 13.1 Å². The molecule has 0 N–H and O–H groups in total. The number of aryl methyl sites for hydroxylation is 1. The number of rotatable bonds is 5. The van der Waals surface area contributed by atoms with Crippen LogP contribution in [0.1, 0.15) is 24.6 Å². The maximum atomic E-state index is 12.0. The first-order valence-electron chi connectivity index (χ1n) is 5.80. The van der Waals surface area contributed by atoms with Gasteiger partial charge in [-0.15, -0.1) is 6.42 Å². The zero-order chi connectivity index (χ0) is 12.7. The van der Waals surface area contributed by atoms with Crippen LogP contribution in [0.15, 0.2) is 18.3 Å². The van der Waals surface area contributed by atoms with E-state index in [1.807, 2.05) is 26.0 Å². The Labute approximate surface area is 103 Å². The first-order chi connectivity index (χ1) is 8.19. The summed E-state index contributed by atoms with van der Waals surface area (Å²) in [7, 11) is 0. The number of carbonyl (C=O) groups excluding carboxylic acids is 1. The molecule has 1 amide bonds. The highest BCUT2D eigenvalue weighted by atomic mass is 16.2. The van der Waals surface area contributed by atoms with E-state index >= 15 is 0 Å². The lowest BCUT2D eigenvalue weighted by Gasteiger charge is -2.19. The van der Waals surface area contributed by atoms with E-state index in [2.05, 4.69) is 10.9 Å². The van der Waals surface area contributed by atoms with Crippen LogP contribution in [0.3, 0.4) is 0 Å². The molecular weight excluding hydrogens is 212 g/mol. The molecule has 0 bridgehead atoms. The van der Waals surface area contributed by atoms with Gasteiger partial charge in [0.15, 0.2) is 0 Å². The van der Waals surface area contributed by atoms with Crippen LogP contribution >= 0.6 is 0 Å². The van der Waals surface area contributed by atoms with Gasteiger partial charge in [-0.3, -0.25) is 9.78 Å². The molecule has 1 aromatic rings. The summed E-state index contributed by atoms with van der Waals surface area (Å²) >= 11 is 0. The molecular formula is C14H18N2O. The highest BCUT2D eigenvalue weighted by Gasteiger charge is 2.13. The van der Waals surface area contributed by atoms with Crippen LogP contribution in [-0.4, -0.2) is 28.9 Å². The van der Waals surface area contributed by atoms with Gasteiger partial charge in [-0.25, -0.2) is 0 Å². The molecule has 0 saturated heterocycles. The molecule has 3 nitrogen and oxygen atoms in total. The average Bonchev–Trinajstić information content (AvgIpc) is 2.32. The summed E-state index contributed by atoms with van der Waals surface area (Å²) in [6, 6.07) is 3.83. The van der Waals surface area contributed by atoms with Crippen molar-refractivity contribution < 1.29 is 4.79 Å². The summed E-state index contributed by atoms with van der Waals surface area (Å²) in [6.07, 6.45) is 8.21. The number of carbonyl (C=O) groups is 1. The molecule has 0 fully saturated rings. The quantitative estimate of drug-likeness (QED) is 0.723. The predicted octanol–water partition coefficient (Wildman–Crippen LogP) is 1.80. The molecule has 0 aliphatic rings. The van der Waals surface area contributed by atoms with Crippen molar-refractivity contribution in [1.29, 1.82) is 0 Å². The highest BCUT2D eigenvalue weighted by molar-refractivity contribution is 5.78. The lowest BCUT2D eigenvalue weighted by Crippen LogP contribution is -2.33. The largest absolute Gasteiger partial charge is 0.331 e. The Morgan fingerprint density at radius 3 is 2.94 bits per heavy atom. The summed E-state index contributed by atoms with van der Waals surface area (Å²) in [5, 5.41) is 0. The summed E-state index contributed by atoms with van der Waals surface area (Å²) in [4.78, 5) is 18.0. The number of aromatic nitrogens is 1. The van der Waals surface area contributed by atoms with Crippen LogP contribution in [0.2, 0.25) is 0 Å². The van der Waals surface area contributed by atoms with E-state index in [-0.39, 0.29) is 5.91 Å². The molecule has 0 aliphatic carbocycles. The van der Waals surface area contributed by atoms with E-state index in [4.69, 9.17) is 6.42 Å². The van der Waals surface area contributed by atoms with E-state index in [1.165, 1.54) is 0 Å². The lowest BCUT2D eigenvalue weighted by atomic mass is 10.1. The second-order valence-electron chi connectivity index (χ2n) is 3.96. The molecule has 17 heavy (non-hydrogen) atoms. The Morgan fingerprint density at radius 1 is 1.59 bits per heavy atom. The second-order valence-corrected chi connectivity index (χ2v) is 3.96. The number of terminal acetylenes is 1. The van der Waals surface area contributed by atoms with Gasteiger partial charge in [-0.2, -0.15) is 0 Å². The number of nitrogens with zero attached hydrogens (tertiary/aromatic N) is 2. The summed E-state index contributed by atoms with van der Waals surface area (Å²) < 4.78 is 0. The van der Waals surface area contributed by atoms with Crippen molar-refractivity contribution in [1.82, 2.24) is 9.88 Å². The summed E-state index contributed by atoms with van der Waals surface area (Å²) in [6.45, 7) is 5.07. The van der Waals surface area contributed by atoms with E-state index in [1.54, 1.807) is 11.1 Å². The van der Waals surface area contributed by atoms with Gasteiger partial charge in [0.25, 0.3) is 0 Å². The van der Waals surface area contributed by atoms with Gasteiger partial charge in [0.1, 0.15) is 0 Å². The molecule has 0 spiro atoms. The van der Waals surface area contributed by atoms with E-state index in [0.717, 1.165) is 17.7 Å². The molecule has 0 radical (unpaired) electrons. The van der Waals surface area contributed by atoms with Crippen LogP contribution in [0.4, 0.5) is 0 Å². The molecule has 1 aromatic heterocycles. The van der Waals surface area contributed by atoms with Crippen molar-refractivity contribution in [3.8, 4) is 12.3 Å². The van der Waals surface area contributed by atoms with Crippen LogP contribution in [0.5, 0.6) is 0 Å². The van der Waals surface area contributed by atoms with Crippen LogP contribution < -0.4 is 0 Å². The number of pyridine rings is 1. The van der Waals surface area contributed by atoms with E-state index in [9.17, 15) is 4.79 Å². The predicted molar refractivity (Wildman–Crippen MR) is 68.4 cm³/mol. The van der Waals surface area contributed by atoms with Gasteiger partial charge in [-0.05, 0) is 25.0 Å². The van der Waals surface area contributed by atoms with Gasteiger partial charge in [-0.1, -0.05) is 18.9 Å². The zero-order valence-corrected chi connectivity index (χ0v) is 10.4. The van der Waals surface area contributed by atoms with Gasteiger partial charge in [0, 0.05) is 12.7 Å². The van der Waals surface area contributed by atoms with Crippen molar-refractivity contribution in [2.45, 2.75) is 26.7 Å². The van der Waals surface area contributed by atoms with E-state index in [0.29, 0.717) is 19.5 Å². The third-order valence-electron chi connectivity index (χ3n) is 2.56. The minimum absolute atomic E-state index is 0.0478. The average molecular weight is 230 g/mol. The van der Waals surface area contributed by atoms with Gasteiger partial charge in [0.05, 0.1) is 18.7 Å². The standard InChI is InChI=1S/C14H18N2O/c1-4-9-16(10-5-2)14(17)11-13-12(3)7-6-8-15-13/h1,6-8H,5,9-11H2,2-3H3. The molecule has 1 rings (SSSR count). The SMILES string of the molecule is C#CCN(CCC)C(=O)Cc1ncccc1C. The maximum absolute atomic E-state index is 12.0. The first-order valence-corrected chi connectivity index (χ1v) is 5.80. The number of hydrogen-bond acceptors (Lipinski definition) is 2. The summed E-state index contributed by atoms with van der Waals surface area (Å²) in [5.74, 6) is 2.57. The Balaban J connectivity index is 2.70. The molecule has 3 heteroatoms. The number of hydrogen-bond donors (Lipinski definition) is 0. The Hall–Kier alpha value is -1.82. The van der Waals surface area contributed by atoms with Crippen molar-refractivity contribution in [3.05, 3.63) is 29.6 Å². The van der Waals surface area contributed by atoms with Crippen LogP contribution in [0.25, 0.3) is 0 Å². The second kappa shape index (κ2) is 6.70. The fourth-order valence-electron chi connectivity index (χ4n) is 1.63. The third kappa shape index (κ3) is 3.92. The van der Waals surface area contributed by atoms with Crippen LogP contribution in [0, 0.1) is 19.3 Å². The third-order valence-corrected chi connectivity index (χ3v) is 2.56. The molecule has 0 aliphatic heterocycles. The zero-order valence-electron chi connectivity index (χ0n) is 10.4. The van der Waals surface area contributed by atoms with Crippen LogP contribution in [-0.2, 0) is 11.2 Å². The van der Waals surface area contributed by atoms with Gasteiger partial charge in [0.2, 0.25) is 5.91 Å². The monoisotopic (exact) mass is 230 g/mol.